The first kappa shape index (κ1) is 30.3. The Morgan fingerprint density at radius 2 is 0.667 bits per heavy atom. The standard InChI is InChI=1S/C25H34.C17H18/c1-3-5-7-13-19-25(20-14-8-6-4-2)23-17-11-9-15-21(23)22-16-10-12-18-24(22)25;1-3-17(4-2)15-11-7-5-9-13(15)14-10-6-8-12-16(14)17/h9-12,15-18H,3-8,13-14,19-20H2,1-2H3;5-12H,3-4H2,1-2H3. The second-order valence-electron chi connectivity index (χ2n) is 12.7. The Morgan fingerprint density at radius 3 is 0.976 bits per heavy atom. The lowest BCUT2D eigenvalue weighted by Gasteiger charge is -2.33. The molecule has 2 aliphatic rings. The minimum Gasteiger partial charge on any atom is -0.0654 e. The Balaban J connectivity index is 0.000000180. The summed E-state index contributed by atoms with van der Waals surface area (Å²) in [5.74, 6) is 0. The Labute approximate surface area is 256 Å². The van der Waals surface area contributed by atoms with E-state index in [4.69, 9.17) is 0 Å². The van der Waals surface area contributed by atoms with Gasteiger partial charge in [0.05, 0.1) is 0 Å². The van der Waals surface area contributed by atoms with Gasteiger partial charge in [0.25, 0.3) is 0 Å². The third kappa shape index (κ3) is 5.50. The highest BCUT2D eigenvalue weighted by Crippen LogP contribution is 2.54. The molecular formula is C42H52. The summed E-state index contributed by atoms with van der Waals surface area (Å²) in [6.07, 6.45) is 15.8. The molecule has 2 aliphatic carbocycles. The maximum Gasteiger partial charge on any atom is 0.0215 e. The predicted molar refractivity (Wildman–Crippen MR) is 183 cm³/mol. The maximum absolute atomic E-state index is 2.41. The molecule has 6 rings (SSSR count). The average molecular weight is 557 g/mol. The van der Waals surface area contributed by atoms with Gasteiger partial charge in [-0.1, -0.05) is 176 Å². The van der Waals surface area contributed by atoms with Crippen LogP contribution in [0, 0.1) is 0 Å². The van der Waals surface area contributed by atoms with E-state index >= 15 is 0 Å². The van der Waals surface area contributed by atoms with E-state index in [0.29, 0.717) is 0 Å². The van der Waals surface area contributed by atoms with Gasteiger partial charge < -0.3 is 0 Å². The van der Waals surface area contributed by atoms with Crippen LogP contribution < -0.4 is 0 Å². The zero-order valence-electron chi connectivity index (χ0n) is 26.7. The van der Waals surface area contributed by atoms with Crippen LogP contribution in [-0.2, 0) is 10.8 Å². The quantitative estimate of drug-likeness (QED) is 0.152. The Kier molecular flexibility index (Phi) is 10.0. The largest absolute Gasteiger partial charge is 0.0654 e. The lowest BCUT2D eigenvalue weighted by molar-refractivity contribution is 0.401. The van der Waals surface area contributed by atoms with E-state index in [1.54, 1.807) is 11.1 Å². The number of fused-ring (bicyclic) bond motifs is 6. The highest BCUT2D eigenvalue weighted by molar-refractivity contribution is 5.82. The fourth-order valence-electron chi connectivity index (χ4n) is 8.21. The lowest BCUT2D eigenvalue weighted by atomic mass is 9.70. The minimum atomic E-state index is 0.243. The van der Waals surface area contributed by atoms with E-state index in [1.807, 2.05) is 0 Å². The summed E-state index contributed by atoms with van der Waals surface area (Å²) in [6.45, 7) is 9.23. The lowest BCUT2D eigenvalue weighted by Crippen LogP contribution is -2.25. The van der Waals surface area contributed by atoms with Gasteiger partial charge in [-0.3, -0.25) is 0 Å². The first-order valence-corrected chi connectivity index (χ1v) is 17.1. The maximum atomic E-state index is 2.41. The van der Waals surface area contributed by atoms with Gasteiger partial charge in [-0.05, 0) is 70.2 Å². The van der Waals surface area contributed by atoms with Crippen LogP contribution in [0.25, 0.3) is 22.3 Å². The Bertz CT molecular complexity index is 1330. The van der Waals surface area contributed by atoms with Crippen LogP contribution >= 0.6 is 0 Å². The first-order valence-electron chi connectivity index (χ1n) is 17.1. The third-order valence-electron chi connectivity index (χ3n) is 10.5. The normalized spacial score (nSPS) is 14.8. The van der Waals surface area contributed by atoms with Gasteiger partial charge in [0.2, 0.25) is 0 Å². The van der Waals surface area contributed by atoms with Gasteiger partial charge in [-0.25, -0.2) is 0 Å². The smallest absolute Gasteiger partial charge is 0.0215 e. The SMILES string of the molecule is CCC1(CC)c2ccccc2-c2ccccc21.CCCCCCC1(CCCCCC)c2ccccc2-c2ccccc21. The molecule has 0 heteroatoms. The van der Waals surface area contributed by atoms with Crippen molar-refractivity contribution in [2.75, 3.05) is 0 Å². The molecule has 0 fully saturated rings. The summed E-state index contributed by atoms with van der Waals surface area (Å²) in [4.78, 5) is 0. The van der Waals surface area contributed by atoms with E-state index in [9.17, 15) is 0 Å². The molecule has 0 aliphatic heterocycles. The topological polar surface area (TPSA) is 0 Å². The van der Waals surface area contributed by atoms with Crippen molar-refractivity contribution in [1.82, 2.24) is 0 Å². The fourth-order valence-corrected chi connectivity index (χ4v) is 8.21. The highest BCUT2D eigenvalue weighted by atomic mass is 14.4. The van der Waals surface area contributed by atoms with Gasteiger partial charge in [0, 0.05) is 10.8 Å². The van der Waals surface area contributed by atoms with Crippen LogP contribution in [0.5, 0.6) is 0 Å². The number of unbranched alkanes of at least 4 members (excludes halogenated alkanes) is 6. The van der Waals surface area contributed by atoms with Gasteiger partial charge in [-0.2, -0.15) is 0 Å². The summed E-state index contributed by atoms with van der Waals surface area (Å²) in [5.41, 5.74) is 12.6. The van der Waals surface area contributed by atoms with Gasteiger partial charge in [0.1, 0.15) is 0 Å². The number of benzene rings is 4. The zero-order valence-corrected chi connectivity index (χ0v) is 26.7. The van der Waals surface area contributed by atoms with Crippen molar-refractivity contribution < 1.29 is 0 Å². The summed E-state index contributed by atoms with van der Waals surface area (Å²) in [7, 11) is 0. The summed E-state index contributed by atoms with van der Waals surface area (Å²) < 4.78 is 0. The number of rotatable bonds is 12. The molecule has 0 amide bonds. The van der Waals surface area contributed by atoms with E-state index < -0.39 is 0 Å². The van der Waals surface area contributed by atoms with Crippen LogP contribution in [-0.4, -0.2) is 0 Å². The molecule has 0 nitrogen and oxygen atoms in total. The summed E-state index contributed by atoms with van der Waals surface area (Å²) in [6, 6.07) is 36.2. The molecule has 0 N–H and O–H groups in total. The molecular weight excluding hydrogens is 504 g/mol. The second-order valence-corrected chi connectivity index (χ2v) is 12.7. The van der Waals surface area contributed by atoms with Crippen molar-refractivity contribution in [2.24, 2.45) is 0 Å². The van der Waals surface area contributed by atoms with Crippen LogP contribution in [0.1, 0.15) is 127 Å². The first-order chi connectivity index (χ1) is 20.7. The van der Waals surface area contributed by atoms with Crippen molar-refractivity contribution >= 4 is 0 Å². The predicted octanol–water partition coefficient (Wildman–Crippen LogP) is 12.7. The minimum absolute atomic E-state index is 0.243. The number of hydrogen-bond acceptors (Lipinski definition) is 0. The number of hydrogen-bond donors (Lipinski definition) is 0. The van der Waals surface area contributed by atoms with Crippen molar-refractivity contribution in [1.29, 1.82) is 0 Å². The van der Waals surface area contributed by atoms with Crippen LogP contribution in [0.4, 0.5) is 0 Å². The van der Waals surface area contributed by atoms with E-state index in [-0.39, 0.29) is 10.8 Å². The molecule has 0 unspecified atom stereocenters. The Morgan fingerprint density at radius 1 is 0.357 bits per heavy atom. The molecule has 0 heterocycles. The average Bonchev–Trinajstić information content (AvgIpc) is 3.50. The molecule has 42 heavy (non-hydrogen) atoms. The zero-order chi connectivity index (χ0) is 29.4. The molecule has 220 valence electrons. The molecule has 0 bridgehead atoms. The van der Waals surface area contributed by atoms with Crippen molar-refractivity contribution in [2.45, 2.75) is 116 Å². The van der Waals surface area contributed by atoms with Crippen molar-refractivity contribution in [3.8, 4) is 22.3 Å². The molecule has 0 spiro atoms. The van der Waals surface area contributed by atoms with Crippen molar-refractivity contribution in [3.05, 3.63) is 119 Å². The van der Waals surface area contributed by atoms with Crippen LogP contribution in [0.3, 0.4) is 0 Å². The fraction of sp³-hybridized carbons (Fsp3) is 0.429. The molecule has 0 atom stereocenters. The van der Waals surface area contributed by atoms with Crippen LogP contribution in [0.2, 0.25) is 0 Å². The third-order valence-corrected chi connectivity index (χ3v) is 10.5. The molecule has 4 aromatic carbocycles. The van der Waals surface area contributed by atoms with Gasteiger partial charge in [-0.15, -0.1) is 0 Å². The monoisotopic (exact) mass is 556 g/mol. The summed E-state index contributed by atoms with van der Waals surface area (Å²) in [5, 5.41) is 0. The van der Waals surface area contributed by atoms with Gasteiger partial charge in [0.15, 0.2) is 0 Å². The van der Waals surface area contributed by atoms with Gasteiger partial charge >= 0.3 is 0 Å². The van der Waals surface area contributed by atoms with E-state index in [0.717, 1.165) is 0 Å². The molecule has 0 aromatic heterocycles. The van der Waals surface area contributed by atoms with E-state index in [1.165, 1.54) is 110 Å². The molecule has 0 radical (unpaired) electrons. The van der Waals surface area contributed by atoms with Crippen LogP contribution in [0.15, 0.2) is 97.1 Å². The molecule has 4 aromatic rings. The second kappa shape index (κ2) is 13.9. The molecule has 0 saturated carbocycles. The highest BCUT2D eigenvalue weighted by Gasteiger charge is 2.42. The van der Waals surface area contributed by atoms with E-state index in [2.05, 4.69) is 125 Å². The summed E-state index contributed by atoms with van der Waals surface area (Å²) >= 11 is 0. The molecule has 0 saturated heterocycles. The Hall–Kier alpha value is -3.12. The van der Waals surface area contributed by atoms with Crippen molar-refractivity contribution in [3.63, 3.8) is 0 Å².